The van der Waals surface area contributed by atoms with Gasteiger partial charge < -0.3 is 16.2 Å². The number of carbonyl (C=O) groups is 1. The SMILES string of the molecule is CC(C)(C)OCCCCC(C)(N)C(N)=O. The molecule has 0 bridgehead atoms. The zero-order chi connectivity index (χ0) is 12.1. The van der Waals surface area contributed by atoms with Crippen LogP contribution in [0.4, 0.5) is 0 Å². The van der Waals surface area contributed by atoms with E-state index < -0.39 is 11.4 Å². The van der Waals surface area contributed by atoms with Crippen molar-refractivity contribution < 1.29 is 9.53 Å². The van der Waals surface area contributed by atoms with Gasteiger partial charge in [-0.3, -0.25) is 4.79 Å². The van der Waals surface area contributed by atoms with E-state index in [0.29, 0.717) is 13.0 Å². The average Bonchev–Trinajstić information content (AvgIpc) is 2.00. The maximum Gasteiger partial charge on any atom is 0.237 e. The Bertz CT molecular complexity index is 207. The summed E-state index contributed by atoms with van der Waals surface area (Å²) in [6.45, 7) is 8.41. The van der Waals surface area contributed by atoms with Gasteiger partial charge in [0.2, 0.25) is 5.91 Å². The first-order valence-electron chi connectivity index (χ1n) is 5.38. The molecule has 1 amide bonds. The molecule has 0 rings (SSSR count). The van der Waals surface area contributed by atoms with Crippen LogP contribution in [0, 0.1) is 0 Å². The first kappa shape index (κ1) is 14.4. The Morgan fingerprint density at radius 2 is 1.73 bits per heavy atom. The molecule has 0 saturated heterocycles. The topological polar surface area (TPSA) is 78.3 Å². The fraction of sp³-hybridized carbons (Fsp3) is 0.909. The molecule has 4 N–H and O–H groups in total. The minimum atomic E-state index is -0.887. The third-order valence-corrected chi connectivity index (χ3v) is 2.19. The van der Waals surface area contributed by atoms with E-state index in [1.165, 1.54) is 0 Å². The Morgan fingerprint density at radius 1 is 1.20 bits per heavy atom. The highest BCUT2D eigenvalue weighted by Crippen LogP contribution is 2.12. The monoisotopic (exact) mass is 216 g/mol. The van der Waals surface area contributed by atoms with E-state index >= 15 is 0 Å². The molecule has 0 aliphatic rings. The second kappa shape index (κ2) is 5.47. The van der Waals surface area contributed by atoms with Gasteiger partial charge in [-0.2, -0.15) is 0 Å². The fourth-order valence-corrected chi connectivity index (χ4v) is 1.10. The minimum absolute atomic E-state index is 0.101. The summed E-state index contributed by atoms with van der Waals surface area (Å²) in [5.41, 5.74) is 9.88. The minimum Gasteiger partial charge on any atom is -0.376 e. The number of hydrogen-bond donors (Lipinski definition) is 2. The van der Waals surface area contributed by atoms with Gasteiger partial charge in [-0.15, -0.1) is 0 Å². The van der Waals surface area contributed by atoms with Crippen molar-refractivity contribution in [2.45, 2.75) is 58.1 Å². The number of unbranched alkanes of at least 4 members (excludes halogenated alkanes) is 1. The summed E-state index contributed by atoms with van der Waals surface area (Å²) in [4.78, 5) is 10.9. The molecule has 0 aromatic carbocycles. The quantitative estimate of drug-likeness (QED) is 0.654. The molecule has 0 aromatic rings. The Hall–Kier alpha value is -0.610. The standard InChI is InChI=1S/C11H24N2O2/c1-10(2,3)15-8-6-5-7-11(4,13)9(12)14/h5-8,13H2,1-4H3,(H2,12,14). The molecule has 4 nitrogen and oxygen atoms in total. The van der Waals surface area contributed by atoms with Crippen LogP contribution in [-0.4, -0.2) is 23.7 Å². The van der Waals surface area contributed by atoms with Crippen molar-refractivity contribution >= 4 is 5.91 Å². The molecule has 0 radical (unpaired) electrons. The Balaban J connectivity index is 3.60. The summed E-state index contributed by atoms with van der Waals surface area (Å²) in [6, 6.07) is 0. The van der Waals surface area contributed by atoms with Gasteiger partial charge in [0.25, 0.3) is 0 Å². The van der Waals surface area contributed by atoms with E-state index in [-0.39, 0.29) is 5.60 Å². The maximum atomic E-state index is 10.9. The van der Waals surface area contributed by atoms with Crippen LogP contribution < -0.4 is 11.5 Å². The van der Waals surface area contributed by atoms with Crippen LogP contribution in [0.15, 0.2) is 0 Å². The Kier molecular flexibility index (Phi) is 5.24. The fourth-order valence-electron chi connectivity index (χ4n) is 1.10. The maximum absolute atomic E-state index is 10.9. The molecule has 4 heteroatoms. The predicted octanol–water partition coefficient (Wildman–Crippen LogP) is 1.17. The van der Waals surface area contributed by atoms with Crippen LogP contribution in [0.2, 0.25) is 0 Å². The van der Waals surface area contributed by atoms with Crippen molar-refractivity contribution in [2.24, 2.45) is 11.5 Å². The highest BCUT2D eigenvalue weighted by molar-refractivity contribution is 5.83. The molecule has 1 unspecified atom stereocenters. The summed E-state index contributed by atoms with van der Waals surface area (Å²) < 4.78 is 5.55. The van der Waals surface area contributed by atoms with E-state index in [1.54, 1.807) is 6.92 Å². The lowest BCUT2D eigenvalue weighted by molar-refractivity contribution is -0.122. The number of nitrogens with two attached hydrogens (primary N) is 2. The van der Waals surface area contributed by atoms with E-state index in [4.69, 9.17) is 16.2 Å². The van der Waals surface area contributed by atoms with E-state index in [2.05, 4.69) is 0 Å². The van der Waals surface area contributed by atoms with E-state index in [0.717, 1.165) is 12.8 Å². The van der Waals surface area contributed by atoms with E-state index in [1.807, 2.05) is 20.8 Å². The van der Waals surface area contributed by atoms with Crippen molar-refractivity contribution in [1.82, 2.24) is 0 Å². The van der Waals surface area contributed by atoms with Gasteiger partial charge in [0.1, 0.15) is 0 Å². The molecular weight excluding hydrogens is 192 g/mol. The summed E-state index contributed by atoms with van der Waals surface area (Å²) in [7, 11) is 0. The number of primary amides is 1. The second-order valence-electron chi connectivity index (χ2n) is 5.20. The molecule has 0 aliphatic carbocycles. The van der Waals surface area contributed by atoms with E-state index in [9.17, 15) is 4.79 Å². The van der Waals surface area contributed by atoms with Gasteiger partial charge in [0.05, 0.1) is 11.1 Å². The smallest absolute Gasteiger partial charge is 0.237 e. The summed E-state index contributed by atoms with van der Waals surface area (Å²) in [6.07, 6.45) is 2.36. The summed E-state index contributed by atoms with van der Waals surface area (Å²) in [5, 5.41) is 0. The molecule has 0 spiro atoms. The lowest BCUT2D eigenvalue weighted by Gasteiger charge is -2.22. The van der Waals surface area contributed by atoms with Crippen LogP contribution in [-0.2, 0) is 9.53 Å². The van der Waals surface area contributed by atoms with Gasteiger partial charge in [-0.05, 0) is 47.0 Å². The van der Waals surface area contributed by atoms with Crippen molar-refractivity contribution in [1.29, 1.82) is 0 Å². The van der Waals surface area contributed by atoms with Crippen molar-refractivity contribution in [3.63, 3.8) is 0 Å². The lowest BCUT2D eigenvalue weighted by Crippen LogP contribution is -2.49. The van der Waals surface area contributed by atoms with Crippen LogP contribution >= 0.6 is 0 Å². The van der Waals surface area contributed by atoms with Crippen LogP contribution in [0.1, 0.15) is 47.0 Å². The molecule has 1 atom stereocenters. The zero-order valence-electron chi connectivity index (χ0n) is 10.3. The Labute approximate surface area is 92.3 Å². The number of amides is 1. The van der Waals surface area contributed by atoms with Crippen LogP contribution in [0.3, 0.4) is 0 Å². The zero-order valence-corrected chi connectivity index (χ0v) is 10.3. The van der Waals surface area contributed by atoms with Crippen molar-refractivity contribution in [3.05, 3.63) is 0 Å². The van der Waals surface area contributed by atoms with Crippen LogP contribution in [0.5, 0.6) is 0 Å². The van der Waals surface area contributed by atoms with Gasteiger partial charge in [-0.1, -0.05) is 0 Å². The van der Waals surface area contributed by atoms with Crippen molar-refractivity contribution in [3.8, 4) is 0 Å². The number of hydrogen-bond acceptors (Lipinski definition) is 3. The molecule has 0 heterocycles. The highest BCUT2D eigenvalue weighted by Gasteiger charge is 2.24. The third-order valence-electron chi connectivity index (χ3n) is 2.19. The van der Waals surface area contributed by atoms with Gasteiger partial charge in [0.15, 0.2) is 0 Å². The highest BCUT2D eigenvalue weighted by atomic mass is 16.5. The van der Waals surface area contributed by atoms with Crippen molar-refractivity contribution in [2.75, 3.05) is 6.61 Å². The van der Waals surface area contributed by atoms with Gasteiger partial charge in [-0.25, -0.2) is 0 Å². The molecule has 15 heavy (non-hydrogen) atoms. The molecular formula is C11H24N2O2. The number of ether oxygens (including phenoxy) is 1. The lowest BCUT2D eigenvalue weighted by atomic mass is 9.95. The predicted molar refractivity (Wildman–Crippen MR) is 61.3 cm³/mol. The first-order chi connectivity index (χ1) is 6.65. The molecule has 0 aliphatic heterocycles. The Morgan fingerprint density at radius 3 is 2.13 bits per heavy atom. The number of carbonyl (C=O) groups excluding carboxylic acids is 1. The molecule has 0 saturated carbocycles. The largest absolute Gasteiger partial charge is 0.376 e. The van der Waals surface area contributed by atoms with Gasteiger partial charge >= 0.3 is 0 Å². The normalized spacial score (nSPS) is 16.1. The van der Waals surface area contributed by atoms with Gasteiger partial charge in [0, 0.05) is 6.61 Å². The summed E-state index contributed by atoms with van der Waals surface area (Å²) in [5.74, 6) is -0.445. The first-order valence-corrected chi connectivity index (χ1v) is 5.38. The summed E-state index contributed by atoms with van der Waals surface area (Å²) >= 11 is 0. The second-order valence-corrected chi connectivity index (χ2v) is 5.20. The average molecular weight is 216 g/mol. The number of rotatable bonds is 6. The van der Waals surface area contributed by atoms with Crippen LogP contribution in [0.25, 0.3) is 0 Å². The third kappa shape index (κ3) is 7.33. The molecule has 0 fully saturated rings. The molecule has 90 valence electrons. The molecule has 0 aromatic heterocycles.